The standard InChI is InChI=1S/C26H30F3N3O3/c1-15(17-7-6-8-19(23(17)27)25(3,28)29)30-24-18-11-22(35-14-26(9-10-26)13-33-4)21(34-5)12-20(18)31-16(2)32-24/h6-8,11-12,15H,9-10,13-14H2,1-5H3,(H,30,31,32)/t15-/m1/s1/i5D3. The third kappa shape index (κ3) is 5.29. The summed E-state index contributed by atoms with van der Waals surface area (Å²) in [5.74, 6) is -3.51. The number of fused-ring (bicyclic) bond motifs is 1. The molecule has 0 radical (unpaired) electrons. The zero-order valence-corrected chi connectivity index (χ0v) is 20.0. The highest BCUT2D eigenvalue weighted by atomic mass is 19.3. The molecule has 1 saturated carbocycles. The minimum Gasteiger partial charge on any atom is -0.493 e. The molecule has 0 unspecified atom stereocenters. The summed E-state index contributed by atoms with van der Waals surface area (Å²) < 4.78 is 82.0. The number of ether oxygens (including phenoxy) is 3. The maximum absolute atomic E-state index is 15.0. The predicted molar refractivity (Wildman–Crippen MR) is 128 cm³/mol. The second-order valence-corrected chi connectivity index (χ2v) is 9.22. The van der Waals surface area contributed by atoms with Crippen LogP contribution in [0.25, 0.3) is 10.9 Å². The molecule has 1 atom stereocenters. The average Bonchev–Trinajstić information content (AvgIpc) is 3.56. The number of alkyl halides is 2. The van der Waals surface area contributed by atoms with Crippen molar-refractivity contribution in [2.24, 2.45) is 5.41 Å². The van der Waals surface area contributed by atoms with Gasteiger partial charge in [0.1, 0.15) is 17.5 Å². The first kappa shape index (κ1) is 21.2. The third-order valence-corrected chi connectivity index (χ3v) is 6.25. The Bertz CT molecular complexity index is 1330. The fourth-order valence-corrected chi connectivity index (χ4v) is 4.11. The maximum Gasteiger partial charge on any atom is 0.273 e. The van der Waals surface area contributed by atoms with Gasteiger partial charge >= 0.3 is 0 Å². The lowest BCUT2D eigenvalue weighted by Gasteiger charge is -2.21. The molecule has 1 N–H and O–H groups in total. The Hall–Kier alpha value is -3.07. The van der Waals surface area contributed by atoms with E-state index in [1.807, 2.05) is 0 Å². The molecule has 0 aliphatic heterocycles. The summed E-state index contributed by atoms with van der Waals surface area (Å²) >= 11 is 0. The molecular formula is C26H30F3N3O3. The Labute approximate surface area is 207 Å². The van der Waals surface area contributed by atoms with Gasteiger partial charge in [-0.1, -0.05) is 18.2 Å². The summed E-state index contributed by atoms with van der Waals surface area (Å²) in [6.07, 6.45) is 1.83. The molecule has 35 heavy (non-hydrogen) atoms. The summed E-state index contributed by atoms with van der Waals surface area (Å²) in [7, 11) is -1.12. The highest BCUT2D eigenvalue weighted by molar-refractivity contribution is 5.92. The van der Waals surface area contributed by atoms with Crippen molar-refractivity contribution in [2.75, 3.05) is 32.7 Å². The summed E-state index contributed by atoms with van der Waals surface area (Å²) in [6.45, 7) is 4.71. The second-order valence-electron chi connectivity index (χ2n) is 9.22. The number of methoxy groups -OCH3 is 2. The first-order valence-corrected chi connectivity index (χ1v) is 11.3. The van der Waals surface area contributed by atoms with E-state index in [4.69, 9.17) is 18.3 Å². The quantitative estimate of drug-likeness (QED) is 0.365. The predicted octanol–water partition coefficient (Wildman–Crippen LogP) is 6.18. The van der Waals surface area contributed by atoms with Crippen LogP contribution in [-0.2, 0) is 10.7 Å². The highest BCUT2D eigenvalue weighted by Gasteiger charge is 2.43. The molecule has 1 aromatic heterocycles. The van der Waals surface area contributed by atoms with Crippen LogP contribution in [0.5, 0.6) is 11.5 Å². The number of anilines is 1. The molecule has 0 amide bonds. The van der Waals surface area contributed by atoms with Crippen molar-refractivity contribution < 1.29 is 31.5 Å². The fourth-order valence-electron chi connectivity index (χ4n) is 4.11. The largest absolute Gasteiger partial charge is 0.493 e. The molecule has 188 valence electrons. The number of hydrogen-bond acceptors (Lipinski definition) is 6. The van der Waals surface area contributed by atoms with Crippen LogP contribution >= 0.6 is 0 Å². The number of benzene rings is 2. The van der Waals surface area contributed by atoms with E-state index in [2.05, 4.69) is 15.3 Å². The Balaban J connectivity index is 1.73. The van der Waals surface area contributed by atoms with Crippen molar-refractivity contribution in [3.8, 4) is 11.5 Å². The molecule has 4 rings (SSSR count). The van der Waals surface area contributed by atoms with Crippen LogP contribution in [0.4, 0.5) is 19.0 Å². The SMILES string of the molecule is [2H]C([2H])([2H])Oc1cc2nc(C)nc(N[C@H](C)c3cccc(C(C)(F)F)c3F)c2cc1OCC1(COC)CC1. The van der Waals surface area contributed by atoms with Crippen molar-refractivity contribution in [3.63, 3.8) is 0 Å². The molecular weight excluding hydrogens is 459 g/mol. The van der Waals surface area contributed by atoms with E-state index in [1.54, 1.807) is 27.0 Å². The van der Waals surface area contributed by atoms with Gasteiger partial charge in [0.25, 0.3) is 5.92 Å². The Morgan fingerprint density at radius 2 is 1.97 bits per heavy atom. The minimum absolute atomic E-state index is 0.00765. The molecule has 0 saturated heterocycles. The van der Waals surface area contributed by atoms with Crippen molar-refractivity contribution in [3.05, 3.63) is 53.1 Å². The van der Waals surface area contributed by atoms with Gasteiger partial charge in [0.15, 0.2) is 11.5 Å². The smallest absolute Gasteiger partial charge is 0.273 e. The van der Waals surface area contributed by atoms with E-state index < -0.39 is 30.4 Å². The summed E-state index contributed by atoms with van der Waals surface area (Å²) in [5, 5.41) is 3.56. The number of aryl methyl sites for hydroxylation is 1. The first-order valence-electron chi connectivity index (χ1n) is 12.8. The van der Waals surface area contributed by atoms with E-state index in [0.717, 1.165) is 18.9 Å². The second kappa shape index (κ2) is 9.53. The Morgan fingerprint density at radius 3 is 2.63 bits per heavy atom. The Kier molecular flexibility index (Phi) is 5.78. The molecule has 1 fully saturated rings. The van der Waals surface area contributed by atoms with Gasteiger partial charge < -0.3 is 19.5 Å². The van der Waals surface area contributed by atoms with Crippen molar-refractivity contribution >= 4 is 16.7 Å². The number of nitrogens with zero attached hydrogens (tertiary/aromatic N) is 2. The van der Waals surface area contributed by atoms with E-state index in [0.29, 0.717) is 42.7 Å². The lowest BCUT2D eigenvalue weighted by atomic mass is 10.0. The topological polar surface area (TPSA) is 65.5 Å². The van der Waals surface area contributed by atoms with Gasteiger partial charge in [0, 0.05) is 36.5 Å². The normalized spacial score (nSPS) is 17.3. The van der Waals surface area contributed by atoms with Gasteiger partial charge in [-0.25, -0.2) is 23.1 Å². The number of rotatable bonds is 10. The minimum atomic E-state index is -3.34. The van der Waals surface area contributed by atoms with Gasteiger partial charge in [-0.2, -0.15) is 0 Å². The van der Waals surface area contributed by atoms with Crippen LogP contribution in [0.15, 0.2) is 30.3 Å². The van der Waals surface area contributed by atoms with Crippen LogP contribution in [0.3, 0.4) is 0 Å². The van der Waals surface area contributed by atoms with Gasteiger partial charge in [-0.05, 0) is 32.8 Å². The Morgan fingerprint density at radius 1 is 1.20 bits per heavy atom. The van der Waals surface area contributed by atoms with Crippen molar-refractivity contribution in [1.82, 2.24) is 9.97 Å². The van der Waals surface area contributed by atoms with Crippen LogP contribution in [-0.4, -0.2) is 37.3 Å². The van der Waals surface area contributed by atoms with Crippen molar-refractivity contribution in [2.45, 2.75) is 45.6 Å². The average molecular weight is 493 g/mol. The van der Waals surface area contributed by atoms with E-state index in [1.165, 1.54) is 18.2 Å². The molecule has 0 bridgehead atoms. The van der Waals surface area contributed by atoms with Gasteiger partial charge in [0.2, 0.25) is 0 Å². The van der Waals surface area contributed by atoms with Gasteiger partial charge in [-0.3, -0.25) is 0 Å². The first-order chi connectivity index (χ1) is 17.7. The summed E-state index contributed by atoms with van der Waals surface area (Å²) in [6, 6.07) is 6.15. The number of aromatic nitrogens is 2. The van der Waals surface area contributed by atoms with E-state index in [9.17, 15) is 8.78 Å². The monoisotopic (exact) mass is 492 g/mol. The van der Waals surface area contributed by atoms with Crippen LogP contribution in [0.1, 0.15) is 53.8 Å². The number of halogens is 3. The molecule has 1 aliphatic rings. The zero-order valence-electron chi connectivity index (χ0n) is 23.0. The number of hydrogen-bond donors (Lipinski definition) is 1. The van der Waals surface area contributed by atoms with Crippen molar-refractivity contribution in [1.29, 1.82) is 0 Å². The third-order valence-electron chi connectivity index (χ3n) is 6.25. The molecule has 3 aromatic rings. The van der Waals surface area contributed by atoms with Crippen LogP contribution in [0.2, 0.25) is 0 Å². The maximum atomic E-state index is 15.0. The number of nitrogens with one attached hydrogen (secondary N) is 1. The molecule has 1 aliphatic carbocycles. The molecule has 1 heterocycles. The van der Waals surface area contributed by atoms with E-state index >= 15 is 4.39 Å². The zero-order chi connectivity index (χ0) is 27.9. The fraction of sp³-hybridized carbons (Fsp3) is 0.462. The lowest BCUT2D eigenvalue weighted by molar-refractivity contribution is 0.0136. The summed E-state index contributed by atoms with van der Waals surface area (Å²) in [5.41, 5.74) is -0.433. The lowest BCUT2D eigenvalue weighted by Crippen LogP contribution is -2.18. The van der Waals surface area contributed by atoms with Crippen LogP contribution < -0.4 is 14.8 Å². The highest BCUT2D eigenvalue weighted by Crippen LogP contribution is 2.47. The molecule has 6 nitrogen and oxygen atoms in total. The molecule has 2 aromatic carbocycles. The summed E-state index contributed by atoms with van der Waals surface area (Å²) in [4.78, 5) is 8.84. The molecule has 9 heteroatoms. The molecule has 0 spiro atoms. The van der Waals surface area contributed by atoms with Gasteiger partial charge in [-0.15, -0.1) is 0 Å². The van der Waals surface area contributed by atoms with Crippen LogP contribution in [0, 0.1) is 18.2 Å². The van der Waals surface area contributed by atoms with E-state index in [-0.39, 0.29) is 22.5 Å². The van der Waals surface area contributed by atoms with Gasteiger partial charge in [0.05, 0.1) is 41.5 Å².